The van der Waals surface area contributed by atoms with Gasteiger partial charge < -0.3 is 9.64 Å². The van der Waals surface area contributed by atoms with Gasteiger partial charge in [0.2, 0.25) is 11.2 Å². The molecule has 6 heteroatoms. The summed E-state index contributed by atoms with van der Waals surface area (Å²) in [4.78, 5) is 14.6. The highest BCUT2D eigenvalue weighted by molar-refractivity contribution is 6.28. The van der Waals surface area contributed by atoms with Gasteiger partial charge in [-0.25, -0.2) is 0 Å². The molecule has 0 saturated carbocycles. The summed E-state index contributed by atoms with van der Waals surface area (Å²) in [6.07, 6.45) is 2.26. The second kappa shape index (κ2) is 4.64. The van der Waals surface area contributed by atoms with Crippen molar-refractivity contribution >= 4 is 17.5 Å². The van der Waals surface area contributed by atoms with Gasteiger partial charge in [0.1, 0.15) is 0 Å². The van der Waals surface area contributed by atoms with Crippen LogP contribution < -0.4 is 9.64 Å². The lowest BCUT2D eigenvalue weighted by molar-refractivity contribution is 0.311. The number of rotatable bonds is 3. The Bertz CT molecular complexity index is 410. The van der Waals surface area contributed by atoms with Crippen LogP contribution in [-0.2, 0) is 0 Å². The van der Waals surface area contributed by atoms with Gasteiger partial charge in [-0.05, 0) is 45.2 Å². The third-order valence-electron chi connectivity index (χ3n) is 2.99. The smallest absolute Gasteiger partial charge is 0.322 e. The molecule has 2 heterocycles. The first-order chi connectivity index (χ1) is 8.03. The van der Waals surface area contributed by atoms with Crippen LogP contribution in [0.2, 0.25) is 5.28 Å². The number of hydrogen-bond acceptors (Lipinski definition) is 5. The summed E-state index contributed by atoms with van der Waals surface area (Å²) in [5.74, 6) is 0.607. The van der Waals surface area contributed by atoms with Crippen LogP contribution >= 0.6 is 11.6 Å². The first-order valence-electron chi connectivity index (χ1n) is 5.85. The van der Waals surface area contributed by atoms with Crippen LogP contribution in [0.1, 0.15) is 33.6 Å². The van der Waals surface area contributed by atoms with Crippen molar-refractivity contribution in [3.05, 3.63) is 5.28 Å². The first kappa shape index (κ1) is 12.4. The molecule has 0 spiro atoms. The maximum atomic E-state index is 5.89. The molecule has 0 aromatic carbocycles. The highest BCUT2D eigenvalue weighted by atomic mass is 35.5. The quantitative estimate of drug-likeness (QED) is 0.831. The molecule has 1 aromatic heterocycles. The molecule has 94 valence electrons. The molecular weight excluding hydrogens is 240 g/mol. The molecule has 0 atom stereocenters. The van der Waals surface area contributed by atoms with Gasteiger partial charge >= 0.3 is 6.01 Å². The molecule has 0 radical (unpaired) electrons. The van der Waals surface area contributed by atoms with Crippen LogP contribution in [0.5, 0.6) is 6.01 Å². The van der Waals surface area contributed by atoms with Crippen molar-refractivity contribution in [1.82, 2.24) is 15.0 Å². The number of anilines is 1. The van der Waals surface area contributed by atoms with E-state index in [9.17, 15) is 0 Å². The van der Waals surface area contributed by atoms with E-state index in [0.717, 1.165) is 19.4 Å². The molecule has 0 amide bonds. The topological polar surface area (TPSA) is 51.1 Å². The summed E-state index contributed by atoms with van der Waals surface area (Å²) in [5.41, 5.74) is 0.0637. The summed E-state index contributed by atoms with van der Waals surface area (Å²) >= 11 is 5.89. The number of hydrogen-bond donors (Lipinski definition) is 0. The van der Waals surface area contributed by atoms with Crippen molar-refractivity contribution in [3.63, 3.8) is 0 Å². The second-order valence-electron chi connectivity index (χ2n) is 4.69. The van der Waals surface area contributed by atoms with Crippen LogP contribution in [0.3, 0.4) is 0 Å². The fourth-order valence-electron chi connectivity index (χ4n) is 2.11. The molecule has 0 aliphatic carbocycles. The number of ether oxygens (including phenoxy) is 1. The lowest BCUT2D eigenvalue weighted by Gasteiger charge is -2.31. The first-order valence-corrected chi connectivity index (χ1v) is 6.23. The Kier molecular flexibility index (Phi) is 3.38. The van der Waals surface area contributed by atoms with E-state index >= 15 is 0 Å². The Morgan fingerprint density at radius 3 is 2.71 bits per heavy atom. The van der Waals surface area contributed by atoms with E-state index in [1.54, 1.807) is 0 Å². The van der Waals surface area contributed by atoms with Gasteiger partial charge in [-0.15, -0.1) is 0 Å². The maximum absolute atomic E-state index is 5.89. The van der Waals surface area contributed by atoms with E-state index in [1.165, 1.54) is 0 Å². The van der Waals surface area contributed by atoms with Gasteiger partial charge in [-0.2, -0.15) is 15.0 Å². The van der Waals surface area contributed by atoms with Crippen molar-refractivity contribution in [2.75, 3.05) is 18.1 Å². The molecule has 1 fully saturated rings. The van der Waals surface area contributed by atoms with Crippen molar-refractivity contribution in [3.8, 4) is 6.01 Å². The van der Waals surface area contributed by atoms with Gasteiger partial charge in [0.05, 0.1) is 6.61 Å². The van der Waals surface area contributed by atoms with Crippen LogP contribution in [0, 0.1) is 0 Å². The van der Waals surface area contributed by atoms with E-state index in [1.807, 2.05) is 6.92 Å². The normalized spacial score (nSPS) is 18.5. The third kappa shape index (κ3) is 2.60. The van der Waals surface area contributed by atoms with E-state index in [4.69, 9.17) is 16.3 Å². The van der Waals surface area contributed by atoms with Crippen molar-refractivity contribution in [2.45, 2.75) is 39.2 Å². The highest BCUT2D eigenvalue weighted by Gasteiger charge is 2.34. The van der Waals surface area contributed by atoms with Crippen LogP contribution in [-0.4, -0.2) is 33.6 Å². The molecule has 1 aromatic rings. The zero-order valence-electron chi connectivity index (χ0n) is 10.4. The Morgan fingerprint density at radius 2 is 2.12 bits per heavy atom. The SMILES string of the molecule is CCOc1nc(Cl)nc(N2CCCC2(C)C)n1. The molecule has 2 rings (SSSR count). The Hall–Kier alpha value is -1.10. The summed E-state index contributed by atoms with van der Waals surface area (Å²) < 4.78 is 5.28. The number of nitrogens with zero attached hydrogens (tertiary/aromatic N) is 4. The van der Waals surface area contributed by atoms with E-state index in [-0.39, 0.29) is 10.8 Å². The molecule has 1 saturated heterocycles. The third-order valence-corrected chi connectivity index (χ3v) is 3.16. The maximum Gasteiger partial charge on any atom is 0.322 e. The Balaban J connectivity index is 2.31. The van der Waals surface area contributed by atoms with Crippen LogP contribution in [0.15, 0.2) is 0 Å². The van der Waals surface area contributed by atoms with Gasteiger partial charge in [-0.1, -0.05) is 0 Å². The zero-order valence-corrected chi connectivity index (χ0v) is 11.2. The predicted molar refractivity (Wildman–Crippen MR) is 66.7 cm³/mol. The average Bonchev–Trinajstić information content (AvgIpc) is 2.57. The molecule has 5 nitrogen and oxygen atoms in total. The van der Waals surface area contributed by atoms with Gasteiger partial charge in [0, 0.05) is 12.1 Å². The van der Waals surface area contributed by atoms with Crippen LogP contribution in [0.4, 0.5) is 5.95 Å². The zero-order chi connectivity index (χ0) is 12.5. The predicted octanol–water partition coefficient (Wildman–Crippen LogP) is 2.30. The molecule has 17 heavy (non-hydrogen) atoms. The summed E-state index contributed by atoms with van der Waals surface area (Å²) in [6.45, 7) is 7.70. The Morgan fingerprint density at radius 1 is 1.35 bits per heavy atom. The summed E-state index contributed by atoms with van der Waals surface area (Å²) in [6, 6.07) is 0.296. The van der Waals surface area contributed by atoms with Crippen molar-refractivity contribution in [2.24, 2.45) is 0 Å². The fourth-order valence-corrected chi connectivity index (χ4v) is 2.26. The highest BCUT2D eigenvalue weighted by Crippen LogP contribution is 2.32. The fraction of sp³-hybridized carbons (Fsp3) is 0.727. The standard InChI is InChI=1S/C11H17ClN4O/c1-4-17-10-14-8(12)13-9(15-10)16-7-5-6-11(16,2)3/h4-7H2,1-3H3. The summed E-state index contributed by atoms with van der Waals surface area (Å²) in [5, 5.41) is 0.182. The Labute approximate surface area is 106 Å². The van der Waals surface area contributed by atoms with E-state index in [0.29, 0.717) is 18.6 Å². The molecule has 0 bridgehead atoms. The molecule has 0 N–H and O–H groups in total. The minimum absolute atomic E-state index is 0.0637. The van der Waals surface area contributed by atoms with Crippen molar-refractivity contribution in [1.29, 1.82) is 0 Å². The van der Waals surface area contributed by atoms with Gasteiger partial charge in [-0.3, -0.25) is 0 Å². The van der Waals surface area contributed by atoms with E-state index < -0.39 is 0 Å². The number of halogens is 1. The van der Waals surface area contributed by atoms with Crippen molar-refractivity contribution < 1.29 is 4.74 Å². The van der Waals surface area contributed by atoms with Crippen LogP contribution in [0.25, 0.3) is 0 Å². The summed E-state index contributed by atoms with van der Waals surface area (Å²) in [7, 11) is 0. The molecule has 0 unspecified atom stereocenters. The minimum Gasteiger partial charge on any atom is -0.464 e. The number of aromatic nitrogens is 3. The lowest BCUT2D eigenvalue weighted by Crippen LogP contribution is -2.39. The lowest BCUT2D eigenvalue weighted by atomic mass is 10.0. The van der Waals surface area contributed by atoms with Gasteiger partial charge in [0.15, 0.2) is 0 Å². The molecule has 1 aliphatic heterocycles. The second-order valence-corrected chi connectivity index (χ2v) is 5.03. The van der Waals surface area contributed by atoms with Gasteiger partial charge in [0.25, 0.3) is 0 Å². The monoisotopic (exact) mass is 256 g/mol. The largest absolute Gasteiger partial charge is 0.464 e. The molecular formula is C11H17ClN4O. The average molecular weight is 257 g/mol. The minimum atomic E-state index is 0.0637. The van der Waals surface area contributed by atoms with E-state index in [2.05, 4.69) is 33.7 Å². The molecule has 1 aliphatic rings.